The van der Waals surface area contributed by atoms with Crippen LogP contribution >= 0.6 is 0 Å². The van der Waals surface area contributed by atoms with Crippen molar-refractivity contribution in [3.8, 4) is 0 Å². The van der Waals surface area contributed by atoms with E-state index in [1.807, 2.05) is 25.7 Å². The lowest BCUT2D eigenvalue weighted by atomic mass is 9.69. The predicted octanol–water partition coefficient (Wildman–Crippen LogP) is 0.847. The summed E-state index contributed by atoms with van der Waals surface area (Å²) in [6, 6.07) is 1.79. The Morgan fingerprint density at radius 1 is 1.32 bits per heavy atom. The average Bonchev–Trinajstić information content (AvgIpc) is 2.96. The number of aromatic nitrogens is 1. The van der Waals surface area contributed by atoms with E-state index in [1.54, 1.807) is 6.07 Å². The third-order valence-electron chi connectivity index (χ3n) is 5.59. The summed E-state index contributed by atoms with van der Waals surface area (Å²) < 4.78 is 10.5. The zero-order chi connectivity index (χ0) is 18.1. The minimum Gasteiger partial charge on any atom is -0.388 e. The maximum Gasteiger partial charge on any atom is 0.230 e. The normalized spacial score (nSPS) is 27.4. The molecule has 2 aliphatic rings. The van der Waals surface area contributed by atoms with E-state index in [9.17, 15) is 9.90 Å². The Labute approximate surface area is 148 Å². The summed E-state index contributed by atoms with van der Waals surface area (Å²) >= 11 is 0. The Bertz CT molecular complexity index is 609. The standard InChI is InChI=1S/C18H29N3O4/c1-14-10-15(25-19-14)11-16(22)21-5-4-18(23,17(2,3)12-21)13-20-6-8-24-9-7-20/h10,23H,4-9,11-13H2,1-3H3/t18-/m0/s1. The first-order valence-electron chi connectivity index (χ1n) is 9.02. The quantitative estimate of drug-likeness (QED) is 0.866. The van der Waals surface area contributed by atoms with Gasteiger partial charge in [0, 0.05) is 44.2 Å². The van der Waals surface area contributed by atoms with Crippen LogP contribution in [0.25, 0.3) is 0 Å². The third-order valence-corrected chi connectivity index (χ3v) is 5.59. The van der Waals surface area contributed by atoms with Gasteiger partial charge < -0.3 is 19.3 Å². The van der Waals surface area contributed by atoms with E-state index in [4.69, 9.17) is 9.26 Å². The maximum absolute atomic E-state index is 12.6. The van der Waals surface area contributed by atoms with E-state index >= 15 is 0 Å². The number of nitrogens with zero attached hydrogens (tertiary/aromatic N) is 3. The number of aliphatic hydroxyl groups is 1. The molecule has 7 heteroatoms. The molecule has 2 fully saturated rings. The number of carbonyl (C=O) groups is 1. The van der Waals surface area contributed by atoms with Gasteiger partial charge in [-0.05, 0) is 13.3 Å². The summed E-state index contributed by atoms with van der Waals surface area (Å²) in [5, 5.41) is 15.1. The fraction of sp³-hybridized carbons (Fsp3) is 0.778. The molecule has 1 aromatic heterocycles. The molecule has 0 radical (unpaired) electrons. The average molecular weight is 351 g/mol. The number of hydrogen-bond acceptors (Lipinski definition) is 6. The summed E-state index contributed by atoms with van der Waals surface area (Å²) in [7, 11) is 0. The first kappa shape index (κ1) is 18.4. The van der Waals surface area contributed by atoms with E-state index in [-0.39, 0.29) is 17.7 Å². The number of hydrogen-bond donors (Lipinski definition) is 1. The number of carbonyl (C=O) groups excluding carboxylic acids is 1. The number of morpholine rings is 1. The van der Waals surface area contributed by atoms with Gasteiger partial charge in [-0.2, -0.15) is 0 Å². The highest BCUT2D eigenvalue weighted by Gasteiger charge is 2.49. The molecule has 1 N–H and O–H groups in total. The molecule has 140 valence electrons. The number of amides is 1. The molecule has 0 aliphatic carbocycles. The van der Waals surface area contributed by atoms with Gasteiger partial charge in [0.2, 0.25) is 5.91 Å². The van der Waals surface area contributed by atoms with Gasteiger partial charge in [-0.1, -0.05) is 19.0 Å². The first-order valence-corrected chi connectivity index (χ1v) is 9.02. The maximum atomic E-state index is 12.6. The number of likely N-dealkylation sites (tertiary alicyclic amines) is 1. The van der Waals surface area contributed by atoms with E-state index in [1.165, 1.54) is 0 Å². The molecule has 0 saturated carbocycles. The van der Waals surface area contributed by atoms with Crippen LogP contribution in [0.4, 0.5) is 0 Å². The zero-order valence-corrected chi connectivity index (χ0v) is 15.5. The molecular weight excluding hydrogens is 322 g/mol. The molecule has 0 spiro atoms. The van der Waals surface area contributed by atoms with E-state index in [2.05, 4.69) is 10.1 Å². The molecule has 1 amide bonds. The highest BCUT2D eigenvalue weighted by atomic mass is 16.5. The summed E-state index contributed by atoms with van der Waals surface area (Å²) in [6.07, 6.45) is 0.803. The Morgan fingerprint density at radius 2 is 2.04 bits per heavy atom. The fourth-order valence-electron chi connectivity index (χ4n) is 3.76. The van der Waals surface area contributed by atoms with E-state index < -0.39 is 5.60 Å². The van der Waals surface area contributed by atoms with Crippen molar-refractivity contribution in [3.63, 3.8) is 0 Å². The van der Waals surface area contributed by atoms with Crippen LogP contribution in [0.5, 0.6) is 0 Å². The van der Waals surface area contributed by atoms with Crippen molar-refractivity contribution >= 4 is 5.91 Å². The summed E-state index contributed by atoms with van der Waals surface area (Å²) in [6.45, 7) is 10.8. The molecule has 1 atom stereocenters. The molecule has 0 unspecified atom stereocenters. The van der Waals surface area contributed by atoms with Gasteiger partial charge in [0.25, 0.3) is 0 Å². The fourth-order valence-corrected chi connectivity index (χ4v) is 3.76. The molecule has 3 rings (SSSR count). The van der Waals surface area contributed by atoms with Gasteiger partial charge in [0.05, 0.1) is 30.9 Å². The number of piperidine rings is 1. The van der Waals surface area contributed by atoms with Gasteiger partial charge >= 0.3 is 0 Å². The van der Waals surface area contributed by atoms with Crippen LogP contribution in [-0.2, 0) is 16.0 Å². The minimum absolute atomic E-state index is 0.0256. The molecule has 2 aliphatic heterocycles. The zero-order valence-electron chi connectivity index (χ0n) is 15.5. The smallest absolute Gasteiger partial charge is 0.230 e. The van der Waals surface area contributed by atoms with Crippen LogP contribution in [-0.4, -0.2) is 77.5 Å². The van der Waals surface area contributed by atoms with Crippen molar-refractivity contribution < 1.29 is 19.2 Å². The molecule has 1 aromatic rings. The third kappa shape index (κ3) is 4.04. The van der Waals surface area contributed by atoms with Crippen molar-refractivity contribution in [2.45, 2.75) is 39.2 Å². The number of aryl methyl sites for hydroxylation is 1. The van der Waals surface area contributed by atoms with Crippen molar-refractivity contribution in [2.24, 2.45) is 5.41 Å². The molecule has 0 aromatic carbocycles. The summed E-state index contributed by atoms with van der Waals surface area (Å²) in [5.41, 5.74) is -0.401. The highest BCUT2D eigenvalue weighted by molar-refractivity contribution is 5.78. The van der Waals surface area contributed by atoms with Gasteiger partial charge in [0.1, 0.15) is 5.76 Å². The minimum atomic E-state index is -0.802. The summed E-state index contributed by atoms with van der Waals surface area (Å²) in [4.78, 5) is 16.7. The number of ether oxygens (including phenoxy) is 1. The van der Waals surface area contributed by atoms with Crippen molar-refractivity contribution in [1.29, 1.82) is 0 Å². The molecule has 25 heavy (non-hydrogen) atoms. The lowest BCUT2D eigenvalue weighted by Crippen LogP contribution is -2.63. The van der Waals surface area contributed by atoms with Gasteiger partial charge in [-0.25, -0.2) is 0 Å². The van der Waals surface area contributed by atoms with E-state index in [0.717, 1.165) is 32.0 Å². The Hall–Kier alpha value is -1.44. The lowest BCUT2D eigenvalue weighted by molar-refractivity contribution is -0.157. The Morgan fingerprint density at radius 3 is 2.64 bits per heavy atom. The SMILES string of the molecule is Cc1cc(CC(=O)N2CC[C@](O)(CN3CCOCC3)C(C)(C)C2)on1. The topological polar surface area (TPSA) is 79.0 Å². The second-order valence-corrected chi connectivity index (χ2v) is 7.98. The Balaban J connectivity index is 1.61. The van der Waals surface area contributed by atoms with Crippen LogP contribution in [0.3, 0.4) is 0 Å². The van der Waals surface area contributed by atoms with Crippen LogP contribution in [0.15, 0.2) is 10.6 Å². The van der Waals surface area contributed by atoms with Crippen molar-refractivity contribution in [3.05, 3.63) is 17.5 Å². The molecular formula is C18H29N3O4. The number of rotatable bonds is 4. The van der Waals surface area contributed by atoms with Crippen LogP contribution in [0.1, 0.15) is 31.7 Å². The molecule has 0 bridgehead atoms. The second kappa shape index (κ2) is 7.05. The van der Waals surface area contributed by atoms with Crippen molar-refractivity contribution in [2.75, 3.05) is 45.9 Å². The predicted molar refractivity (Wildman–Crippen MR) is 92.1 cm³/mol. The Kier molecular flexibility index (Phi) is 5.18. The van der Waals surface area contributed by atoms with Crippen LogP contribution in [0, 0.1) is 12.3 Å². The second-order valence-electron chi connectivity index (χ2n) is 7.98. The number of β-amino-alcohol motifs (C(OH)–C–C–N with tert-alkyl or cyclic N) is 1. The van der Waals surface area contributed by atoms with Crippen LogP contribution in [0.2, 0.25) is 0 Å². The monoisotopic (exact) mass is 351 g/mol. The van der Waals surface area contributed by atoms with Gasteiger partial charge in [0.15, 0.2) is 0 Å². The lowest BCUT2D eigenvalue weighted by Gasteiger charge is -2.52. The van der Waals surface area contributed by atoms with Crippen molar-refractivity contribution in [1.82, 2.24) is 15.0 Å². The first-order chi connectivity index (χ1) is 11.8. The largest absolute Gasteiger partial charge is 0.388 e. The molecule has 2 saturated heterocycles. The van der Waals surface area contributed by atoms with E-state index in [0.29, 0.717) is 31.8 Å². The highest BCUT2D eigenvalue weighted by Crippen LogP contribution is 2.39. The molecule has 7 nitrogen and oxygen atoms in total. The molecule has 3 heterocycles. The van der Waals surface area contributed by atoms with Crippen LogP contribution < -0.4 is 0 Å². The van der Waals surface area contributed by atoms with Gasteiger partial charge in [-0.15, -0.1) is 0 Å². The summed E-state index contributed by atoms with van der Waals surface area (Å²) in [5.74, 6) is 0.618. The van der Waals surface area contributed by atoms with Gasteiger partial charge in [-0.3, -0.25) is 9.69 Å².